The fraction of sp³-hybridized carbons (Fsp3) is 0.250. The van der Waals surface area contributed by atoms with Crippen molar-refractivity contribution in [3.8, 4) is 0 Å². The molecule has 0 radical (unpaired) electrons. The largest absolute Gasteiger partial charge is 0.394 e. The number of aryl methyl sites for hydroxylation is 1. The van der Waals surface area contributed by atoms with Gasteiger partial charge in [0.25, 0.3) is 0 Å². The number of nitrogens with one attached hydrogen (secondary N) is 1. The number of hydrogen-bond donors (Lipinski definition) is 2. The van der Waals surface area contributed by atoms with Crippen molar-refractivity contribution in [2.75, 3.05) is 11.9 Å². The molecule has 84 valence electrons. The zero-order valence-corrected chi connectivity index (χ0v) is 9.87. The highest BCUT2D eigenvalue weighted by Gasteiger charge is 2.11. The van der Waals surface area contributed by atoms with Crippen LogP contribution in [0.4, 0.5) is 5.69 Å². The van der Waals surface area contributed by atoms with Crippen molar-refractivity contribution in [1.29, 1.82) is 0 Å². The minimum absolute atomic E-state index is 0.0655. The van der Waals surface area contributed by atoms with Gasteiger partial charge in [-0.15, -0.1) is 11.3 Å². The van der Waals surface area contributed by atoms with E-state index in [9.17, 15) is 5.11 Å². The lowest BCUT2D eigenvalue weighted by atomic mass is 10.2. The summed E-state index contributed by atoms with van der Waals surface area (Å²) in [5.74, 6) is 0. The molecule has 2 aromatic rings. The maximum atomic E-state index is 9.33. The monoisotopic (exact) mass is 234 g/mol. The highest BCUT2D eigenvalue weighted by molar-refractivity contribution is 7.09. The van der Waals surface area contributed by atoms with Crippen LogP contribution in [0.1, 0.15) is 16.5 Å². The fourth-order valence-corrected chi connectivity index (χ4v) is 2.12. The Balaban J connectivity index is 2.10. The molecule has 2 rings (SSSR count). The van der Waals surface area contributed by atoms with Crippen LogP contribution in [0, 0.1) is 6.92 Å². The quantitative estimate of drug-likeness (QED) is 0.854. The van der Waals surface area contributed by atoms with E-state index in [-0.39, 0.29) is 12.6 Å². The minimum Gasteiger partial charge on any atom is -0.394 e. The molecule has 0 aliphatic rings. The molecule has 1 heterocycles. The van der Waals surface area contributed by atoms with Gasteiger partial charge in [-0.05, 0) is 19.1 Å². The van der Waals surface area contributed by atoms with Gasteiger partial charge in [0.05, 0.1) is 18.2 Å². The highest BCUT2D eigenvalue weighted by Crippen LogP contribution is 2.22. The minimum atomic E-state index is -0.0739. The number of aliphatic hydroxyl groups excluding tert-OH is 1. The topological polar surface area (TPSA) is 45.1 Å². The Hall–Kier alpha value is -1.39. The predicted octanol–water partition coefficient (Wildman–Crippen LogP) is 2.60. The summed E-state index contributed by atoms with van der Waals surface area (Å²) in [6.45, 7) is 2.12. The summed E-state index contributed by atoms with van der Waals surface area (Å²) >= 11 is 1.54. The molecule has 4 heteroatoms. The lowest BCUT2D eigenvalue weighted by Crippen LogP contribution is -2.13. The highest BCUT2D eigenvalue weighted by atomic mass is 32.1. The molecule has 1 aromatic heterocycles. The molecule has 0 aliphatic carbocycles. The van der Waals surface area contributed by atoms with Gasteiger partial charge < -0.3 is 10.4 Å². The van der Waals surface area contributed by atoms with E-state index >= 15 is 0 Å². The Morgan fingerprint density at radius 3 is 2.69 bits per heavy atom. The van der Waals surface area contributed by atoms with Gasteiger partial charge in [0.1, 0.15) is 0 Å². The molecule has 0 amide bonds. The lowest BCUT2D eigenvalue weighted by molar-refractivity contribution is 0.277. The van der Waals surface area contributed by atoms with Gasteiger partial charge in [-0.2, -0.15) is 0 Å². The van der Waals surface area contributed by atoms with Gasteiger partial charge >= 0.3 is 0 Å². The molecule has 0 saturated carbocycles. The van der Waals surface area contributed by atoms with E-state index in [1.54, 1.807) is 23.0 Å². The average Bonchev–Trinajstić information content (AvgIpc) is 2.82. The second kappa shape index (κ2) is 5.09. The molecule has 0 aliphatic heterocycles. The third kappa shape index (κ3) is 2.59. The Morgan fingerprint density at radius 1 is 1.38 bits per heavy atom. The summed E-state index contributed by atoms with van der Waals surface area (Å²) in [6.07, 6.45) is 1.78. The van der Waals surface area contributed by atoms with E-state index in [0.29, 0.717) is 0 Å². The summed E-state index contributed by atoms with van der Waals surface area (Å²) in [7, 11) is 0. The molecule has 0 bridgehead atoms. The van der Waals surface area contributed by atoms with Crippen molar-refractivity contribution < 1.29 is 5.11 Å². The first-order chi connectivity index (χ1) is 7.79. The number of hydrogen-bond acceptors (Lipinski definition) is 4. The van der Waals surface area contributed by atoms with Gasteiger partial charge in [-0.1, -0.05) is 17.7 Å². The van der Waals surface area contributed by atoms with Gasteiger partial charge in [0.15, 0.2) is 0 Å². The molecule has 0 spiro atoms. The Morgan fingerprint density at radius 2 is 2.12 bits per heavy atom. The van der Waals surface area contributed by atoms with E-state index in [1.165, 1.54) is 5.56 Å². The molecule has 0 fully saturated rings. The van der Waals surface area contributed by atoms with Crippen molar-refractivity contribution in [1.82, 2.24) is 4.98 Å². The maximum Gasteiger partial charge on any atom is 0.0853 e. The molecule has 1 atom stereocenters. The summed E-state index contributed by atoms with van der Waals surface area (Å²) in [5.41, 5.74) is 4.01. The maximum absolute atomic E-state index is 9.33. The van der Waals surface area contributed by atoms with Crippen LogP contribution in [0.5, 0.6) is 0 Å². The van der Waals surface area contributed by atoms with Crippen molar-refractivity contribution in [3.63, 3.8) is 0 Å². The molecule has 3 nitrogen and oxygen atoms in total. The molecule has 1 aromatic carbocycles. The standard InChI is InChI=1S/C12H14N2OS/c1-9-2-4-10(5-3-9)14-11(7-15)12-6-13-8-16-12/h2-6,8,11,14-15H,7H2,1H3. The van der Waals surface area contributed by atoms with Crippen LogP contribution < -0.4 is 5.32 Å². The Kier molecular flexibility index (Phi) is 3.54. The Bertz CT molecular complexity index is 425. The van der Waals surface area contributed by atoms with Crippen LogP contribution in [0.3, 0.4) is 0 Å². The van der Waals surface area contributed by atoms with E-state index in [4.69, 9.17) is 0 Å². The number of aromatic nitrogens is 1. The van der Waals surface area contributed by atoms with Crippen LogP contribution in [0.15, 0.2) is 36.0 Å². The van der Waals surface area contributed by atoms with Crippen molar-refractivity contribution in [2.24, 2.45) is 0 Å². The number of anilines is 1. The van der Waals surface area contributed by atoms with Gasteiger partial charge in [-0.3, -0.25) is 4.98 Å². The van der Waals surface area contributed by atoms with Crippen molar-refractivity contribution in [2.45, 2.75) is 13.0 Å². The van der Waals surface area contributed by atoms with Crippen LogP contribution in [-0.2, 0) is 0 Å². The second-order valence-corrected chi connectivity index (χ2v) is 4.57. The number of nitrogens with zero attached hydrogens (tertiary/aromatic N) is 1. The Labute approximate surface area is 98.8 Å². The van der Waals surface area contributed by atoms with Crippen LogP contribution in [0.2, 0.25) is 0 Å². The smallest absolute Gasteiger partial charge is 0.0853 e. The molecule has 0 saturated heterocycles. The fourth-order valence-electron chi connectivity index (χ4n) is 1.46. The normalized spacial score (nSPS) is 12.4. The molecule has 16 heavy (non-hydrogen) atoms. The first kappa shape index (κ1) is 11.1. The van der Waals surface area contributed by atoms with Crippen LogP contribution in [0.25, 0.3) is 0 Å². The number of rotatable bonds is 4. The zero-order chi connectivity index (χ0) is 11.4. The second-order valence-electron chi connectivity index (χ2n) is 3.65. The summed E-state index contributed by atoms with van der Waals surface area (Å²) < 4.78 is 0. The number of aliphatic hydroxyl groups is 1. The third-order valence-corrected chi connectivity index (χ3v) is 3.26. The molecule has 2 N–H and O–H groups in total. The SMILES string of the molecule is Cc1ccc(NC(CO)c2cncs2)cc1. The third-order valence-electron chi connectivity index (χ3n) is 2.37. The van der Waals surface area contributed by atoms with E-state index < -0.39 is 0 Å². The van der Waals surface area contributed by atoms with Crippen molar-refractivity contribution >= 4 is 17.0 Å². The van der Waals surface area contributed by atoms with E-state index in [1.807, 2.05) is 24.3 Å². The zero-order valence-electron chi connectivity index (χ0n) is 9.05. The molecule has 1 unspecified atom stereocenters. The van der Waals surface area contributed by atoms with E-state index in [2.05, 4.69) is 17.2 Å². The average molecular weight is 234 g/mol. The number of thiazole rings is 1. The molecular weight excluding hydrogens is 220 g/mol. The van der Waals surface area contributed by atoms with E-state index in [0.717, 1.165) is 10.6 Å². The van der Waals surface area contributed by atoms with Crippen LogP contribution >= 0.6 is 11.3 Å². The first-order valence-corrected chi connectivity index (χ1v) is 6.00. The lowest BCUT2D eigenvalue weighted by Gasteiger charge is -2.15. The van der Waals surface area contributed by atoms with Gasteiger partial charge in [-0.25, -0.2) is 0 Å². The first-order valence-electron chi connectivity index (χ1n) is 5.12. The van der Waals surface area contributed by atoms with Crippen LogP contribution in [-0.4, -0.2) is 16.7 Å². The van der Waals surface area contributed by atoms with Gasteiger partial charge in [0, 0.05) is 16.8 Å². The summed E-state index contributed by atoms with van der Waals surface area (Å²) in [5, 5.41) is 12.6. The summed E-state index contributed by atoms with van der Waals surface area (Å²) in [6, 6.07) is 8.04. The summed E-state index contributed by atoms with van der Waals surface area (Å²) in [4.78, 5) is 5.06. The molecular formula is C12H14N2OS. The van der Waals surface area contributed by atoms with Gasteiger partial charge in [0.2, 0.25) is 0 Å². The predicted molar refractivity (Wildman–Crippen MR) is 66.7 cm³/mol. The number of benzene rings is 1. The van der Waals surface area contributed by atoms with Crippen molar-refractivity contribution in [3.05, 3.63) is 46.4 Å².